The second-order valence-electron chi connectivity index (χ2n) is 3.97. The molecule has 0 aromatic heterocycles. The van der Waals surface area contributed by atoms with Gasteiger partial charge in [-0.1, -0.05) is 23.6 Å². The van der Waals surface area contributed by atoms with Gasteiger partial charge in [0.1, 0.15) is 0 Å². The van der Waals surface area contributed by atoms with E-state index in [2.05, 4.69) is 18.4 Å². The first-order valence-corrected chi connectivity index (χ1v) is 8.40. The van der Waals surface area contributed by atoms with E-state index in [9.17, 15) is 0 Å². The number of rotatable bonds is 6. The van der Waals surface area contributed by atoms with Crippen LogP contribution in [0.5, 0.6) is 0 Å². The van der Waals surface area contributed by atoms with Crippen LogP contribution in [-0.2, 0) is 13.3 Å². The van der Waals surface area contributed by atoms with Crippen molar-refractivity contribution in [3.05, 3.63) is 35.4 Å². The van der Waals surface area contributed by atoms with E-state index in [1.165, 1.54) is 5.56 Å². The van der Waals surface area contributed by atoms with Gasteiger partial charge in [0.05, 0.1) is 0 Å². The zero-order valence-corrected chi connectivity index (χ0v) is 13.2. The average molecular weight is 278 g/mol. The van der Waals surface area contributed by atoms with Gasteiger partial charge in [-0.15, -0.1) is 0 Å². The van der Waals surface area contributed by atoms with E-state index < -0.39 is 8.80 Å². The molecular formula is C15H22O3Si. The van der Waals surface area contributed by atoms with Crippen LogP contribution in [0.3, 0.4) is 0 Å². The number of aryl methyl sites for hydroxylation is 1. The smallest absolute Gasteiger partial charge is 0.364 e. The molecule has 1 aromatic carbocycles. The van der Waals surface area contributed by atoms with Crippen molar-refractivity contribution in [2.45, 2.75) is 27.7 Å². The molecule has 1 aromatic rings. The van der Waals surface area contributed by atoms with Crippen molar-refractivity contribution in [1.82, 2.24) is 0 Å². The maximum Gasteiger partial charge on any atom is 0.591 e. The Hall–Kier alpha value is -1.12. The lowest BCUT2D eigenvalue weighted by atomic mass is 10.2. The normalized spacial score (nSPS) is 10.9. The predicted molar refractivity (Wildman–Crippen MR) is 78.7 cm³/mol. The van der Waals surface area contributed by atoms with Crippen LogP contribution < -0.4 is 0 Å². The second-order valence-corrected chi connectivity index (χ2v) is 6.20. The summed E-state index contributed by atoms with van der Waals surface area (Å²) < 4.78 is 17.0. The molecule has 4 heteroatoms. The molecule has 0 aliphatic rings. The molecule has 0 bridgehead atoms. The van der Waals surface area contributed by atoms with Gasteiger partial charge in [0, 0.05) is 25.4 Å². The quantitative estimate of drug-likeness (QED) is 0.591. The van der Waals surface area contributed by atoms with Crippen molar-refractivity contribution in [3.63, 3.8) is 0 Å². The Morgan fingerprint density at radius 3 is 1.79 bits per heavy atom. The lowest BCUT2D eigenvalue weighted by molar-refractivity contribution is 0.0870. The molecule has 0 atom stereocenters. The van der Waals surface area contributed by atoms with Gasteiger partial charge >= 0.3 is 8.80 Å². The Morgan fingerprint density at radius 2 is 1.37 bits per heavy atom. The van der Waals surface area contributed by atoms with Crippen molar-refractivity contribution in [2.75, 3.05) is 19.8 Å². The summed E-state index contributed by atoms with van der Waals surface area (Å²) in [6, 6.07) is 8.06. The molecule has 0 aliphatic carbocycles. The maximum absolute atomic E-state index is 5.68. The molecule has 1 rings (SSSR count). The Kier molecular flexibility index (Phi) is 6.82. The van der Waals surface area contributed by atoms with Crippen LogP contribution in [0.4, 0.5) is 0 Å². The van der Waals surface area contributed by atoms with Crippen LogP contribution in [-0.4, -0.2) is 28.6 Å². The largest absolute Gasteiger partial charge is 0.591 e. The molecule has 0 amide bonds. The molecule has 3 nitrogen and oxygen atoms in total. The van der Waals surface area contributed by atoms with Gasteiger partial charge < -0.3 is 13.3 Å². The lowest BCUT2D eigenvalue weighted by Crippen LogP contribution is -2.45. The fraction of sp³-hybridized carbons (Fsp3) is 0.467. The van der Waals surface area contributed by atoms with Crippen molar-refractivity contribution < 1.29 is 13.3 Å². The van der Waals surface area contributed by atoms with E-state index >= 15 is 0 Å². The molecule has 0 saturated carbocycles. The summed E-state index contributed by atoms with van der Waals surface area (Å²) in [7, 11) is -2.85. The monoisotopic (exact) mass is 278 g/mol. The molecule has 19 heavy (non-hydrogen) atoms. The molecule has 0 unspecified atom stereocenters. The topological polar surface area (TPSA) is 27.7 Å². The Bertz CT molecular complexity index is 414. The third kappa shape index (κ3) is 5.17. The summed E-state index contributed by atoms with van der Waals surface area (Å²) in [5.74, 6) is 3.10. The third-order valence-electron chi connectivity index (χ3n) is 2.41. The van der Waals surface area contributed by atoms with E-state index in [1.807, 2.05) is 45.0 Å². The van der Waals surface area contributed by atoms with Gasteiger partial charge in [-0.2, -0.15) is 0 Å². The van der Waals surface area contributed by atoms with Crippen molar-refractivity contribution >= 4 is 8.80 Å². The van der Waals surface area contributed by atoms with E-state index in [4.69, 9.17) is 13.3 Å². The zero-order chi connectivity index (χ0) is 14.1. The highest BCUT2D eigenvalue weighted by Gasteiger charge is 2.39. The molecule has 0 heterocycles. The molecule has 0 N–H and O–H groups in total. The first-order chi connectivity index (χ1) is 9.15. The van der Waals surface area contributed by atoms with Crippen molar-refractivity contribution in [1.29, 1.82) is 0 Å². The number of benzene rings is 1. The minimum atomic E-state index is -2.85. The minimum absolute atomic E-state index is 0.537. The van der Waals surface area contributed by atoms with Gasteiger partial charge in [0.25, 0.3) is 0 Å². The van der Waals surface area contributed by atoms with Crippen LogP contribution in [0, 0.1) is 18.4 Å². The standard InChI is InChI=1S/C15H22O3Si/c1-5-16-19(17-6-2,18-7-3)13-12-15-10-8-14(4)9-11-15/h8-11H,5-7H2,1-4H3. The summed E-state index contributed by atoms with van der Waals surface area (Å²) in [5.41, 5.74) is 5.26. The summed E-state index contributed by atoms with van der Waals surface area (Å²) in [6.45, 7) is 9.43. The van der Waals surface area contributed by atoms with Crippen LogP contribution in [0.15, 0.2) is 24.3 Å². The highest BCUT2D eigenvalue weighted by molar-refractivity contribution is 6.69. The van der Waals surface area contributed by atoms with Crippen LogP contribution in [0.25, 0.3) is 0 Å². The van der Waals surface area contributed by atoms with Gasteiger partial charge in [-0.05, 0) is 45.4 Å². The number of hydrogen-bond acceptors (Lipinski definition) is 3. The fourth-order valence-corrected chi connectivity index (χ4v) is 3.49. The molecule has 0 saturated heterocycles. The third-order valence-corrected chi connectivity index (χ3v) is 4.85. The Morgan fingerprint density at radius 1 is 0.895 bits per heavy atom. The first kappa shape index (κ1) is 15.9. The number of hydrogen-bond donors (Lipinski definition) is 0. The van der Waals surface area contributed by atoms with Gasteiger partial charge in [0.15, 0.2) is 0 Å². The van der Waals surface area contributed by atoms with Crippen LogP contribution >= 0.6 is 0 Å². The van der Waals surface area contributed by atoms with Crippen LogP contribution in [0.1, 0.15) is 31.9 Å². The molecule has 0 aliphatic heterocycles. The van der Waals surface area contributed by atoms with Crippen molar-refractivity contribution in [2.24, 2.45) is 0 Å². The van der Waals surface area contributed by atoms with Gasteiger partial charge in [-0.25, -0.2) is 0 Å². The van der Waals surface area contributed by atoms with E-state index in [1.54, 1.807) is 0 Å². The van der Waals surface area contributed by atoms with Crippen LogP contribution in [0.2, 0.25) is 0 Å². The average Bonchev–Trinajstić information content (AvgIpc) is 2.39. The predicted octanol–water partition coefficient (Wildman–Crippen LogP) is 2.93. The molecular weight excluding hydrogens is 256 g/mol. The lowest BCUT2D eigenvalue weighted by Gasteiger charge is -2.22. The highest BCUT2D eigenvalue weighted by Crippen LogP contribution is 2.10. The minimum Gasteiger partial charge on any atom is -0.364 e. The summed E-state index contributed by atoms with van der Waals surface area (Å²) in [4.78, 5) is 0. The Labute approximate surface area is 117 Å². The van der Waals surface area contributed by atoms with E-state index in [-0.39, 0.29) is 0 Å². The van der Waals surface area contributed by atoms with Crippen molar-refractivity contribution in [3.8, 4) is 11.5 Å². The maximum atomic E-state index is 5.68. The molecule has 0 radical (unpaired) electrons. The summed E-state index contributed by atoms with van der Waals surface area (Å²) >= 11 is 0. The van der Waals surface area contributed by atoms with E-state index in [0.29, 0.717) is 19.8 Å². The summed E-state index contributed by atoms with van der Waals surface area (Å²) in [5, 5.41) is 0. The molecule has 0 spiro atoms. The van der Waals surface area contributed by atoms with Gasteiger partial charge in [-0.3, -0.25) is 0 Å². The first-order valence-electron chi connectivity index (χ1n) is 6.67. The zero-order valence-electron chi connectivity index (χ0n) is 12.2. The van der Waals surface area contributed by atoms with E-state index in [0.717, 1.165) is 5.56 Å². The van der Waals surface area contributed by atoms with Gasteiger partial charge in [0.2, 0.25) is 0 Å². The SMILES string of the molecule is CCO[Si](C#Cc1ccc(C)cc1)(OCC)OCC. The summed E-state index contributed by atoms with van der Waals surface area (Å²) in [6.07, 6.45) is 0. The fourth-order valence-electron chi connectivity index (χ4n) is 1.59. The molecule has 104 valence electrons. The molecule has 0 fully saturated rings. The highest BCUT2D eigenvalue weighted by atomic mass is 28.4. The Balaban J connectivity index is 2.95. The second kappa shape index (κ2) is 8.13.